The van der Waals surface area contributed by atoms with Crippen molar-refractivity contribution in [3.63, 3.8) is 0 Å². The molecule has 1 spiro atoms. The van der Waals surface area contributed by atoms with E-state index in [1.54, 1.807) is 25.1 Å². The number of aliphatic hydroxyl groups excluding tert-OH is 2. The van der Waals surface area contributed by atoms with Crippen LogP contribution in [-0.2, 0) is 0 Å². The van der Waals surface area contributed by atoms with E-state index >= 15 is 0 Å². The quantitative estimate of drug-likeness (QED) is 0.260. The lowest BCUT2D eigenvalue weighted by molar-refractivity contribution is -0.210. The molecule has 1 aliphatic carbocycles. The topological polar surface area (TPSA) is 107 Å². The van der Waals surface area contributed by atoms with E-state index in [1.807, 2.05) is 6.07 Å². The number of halogens is 3. The number of hydrogen-bond acceptors (Lipinski definition) is 8. The Kier molecular flexibility index (Phi) is 8.39. The average Bonchev–Trinajstić information content (AvgIpc) is 3.60. The van der Waals surface area contributed by atoms with Crippen LogP contribution in [0.2, 0.25) is 0 Å². The van der Waals surface area contributed by atoms with Gasteiger partial charge in [0.1, 0.15) is 12.4 Å². The van der Waals surface area contributed by atoms with Crippen LogP contribution in [0.4, 0.5) is 30.4 Å². The molecule has 1 saturated heterocycles. The Morgan fingerprint density at radius 3 is 2.59 bits per heavy atom. The van der Waals surface area contributed by atoms with Crippen molar-refractivity contribution in [2.45, 2.75) is 44.9 Å². The number of aryl methyl sites for hydroxylation is 1. The highest BCUT2D eigenvalue weighted by Crippen LogP contribution is 2.54. The van der Waals surface area contributed by atoms with Crippen molar-refractivity contribution in [2.75, 3.05) is 47.0 Å². The van der Waals surface area contributed by atoms with Gasteiger partial charge in [0, 0.05) is 30.6 Å². The number of carbonyl (C=O) groups is 1. The van der Waals surface area contributed by atoms with Gasteiger partial charge >= 0.3 is 6.18 Å². The number of alkyl halides is 3. The molecule has 0 radical (unpaired) electrons. The Labute approximate surface area is 217 Å². The van der Waals surface area contributed by atoms with E-state index in [-0.39, 0.29) is 18.3 Å². The van der Waals surface area contributed by atoms with Crippen molar-refractivity contribution in [3.05, 3.63) is 41.5 Å². The maximum Gasteiger partial charge on any atom is 0.417 e. The van der Waals surface area contributed by atoms with Crippen LogP contribution >= 0.6 is 11.9 Å². The zero-order chi connectivity index (χ0) is 26.6. The minimum absolute atomic E-state index is 0.0452. The monoisotopic (exact) mass is 540 g/mol. The summed E-state index contributed by atoms with van der Waals surface area (Å²) < 4.78 is 46.0. The van der Waals surface area contributed by atoms with Crippen molar-refractivity contribution >= 4 is 35.0 Å². The van der Waals surface area contributed by atoms with Crippen LogP contribution in [-0.4, -0.2) is 65.4 Å². The van der Waals surface area contributed by atoms with Crippen molar-refractivity contribution < 1.29 is 32.9 Å². The van der Waals surface area contributed by atoms with Gasteiger partial charge in [0.15, 0.2) is 6.10 Å². The predicted octanol–water partition coefficient (Wildman–Crippen LogP) is 4.38. The second-order valence-corrected chi connectivity index (χ2v) is 10.5. The fourth-order valence-corrected chi connectivity index (χ4v) is 4.83. The molecular formula is C25H31F3N4O4S. The first-order valence-electron chi connectivity index (χ1n) is 12.1. The number of nitrogens with one attached hydrogen (secondary N) is 2. The van der Waals surface area contributed by atoms with Gasteiger partial charge in [-0.05, 0) is 67.9 Å². The minimum Gasteiger partial charge on any atom is -0.474 e. The molecule has 2 fully saturated rings. The number of hydrogen-bond donors (Lipinski definition) is 4. The van der Waals surface area contributed by atoms with Crippen LogP contribution in [0.15, 0.2) is 30.3 Å². The van der Waals surface area contributed by atoms with Crippen LogP contribution in [0.5, 0.6) is 5.88 Å². The van der Waals surface area contributed by atoms with Gasteiger partial charge in [-0.2, -0.15) is 18.2 Å². The van der Waals surface area contributed by atoms with Gasteiger partial charge in [-0.15, -0.1) is 0 Å². The molecule has 1 atom stereocenters. The van der Waals surface area contributed by atoms with Gasteiger partial charge in [-0.25, -0.2) is 0 Å². The number of anilines is 3. The average molecular weight is 541 g/mol. The molecule has 202 valence electrons. The molecule has 1 aromatic heterocycles. The number of benzene rings is 1. The number of aromatic nitrogens is 1. The summed E-state index contributed by atoms with van der Waals surface area (Å²) in [4.78, 5) is 19.7. The van der Waals surface area contributed by atoms with Crippen molar-refractivity contribution in [1.29, 1.82) is 0 Å². The molecule has 1 unspecified atom stereocenters. The summed E-state index contributed by atoms with van der Waals surface area (Å²) >= 11 is 1.37. The highest BCUT2D eigenvalue weighted by molar-refractivity contribution is 8.00. The molecule has 2 aromatic rings. The summed E-state index contributed by atoms with van der Waals surface area (Å²) in [6, 6.07) is 8.44. The summed E-state index contributed by atoms with van der Waals surface area (Å²) in [6.07, 6.45) is -2.77. The second-order valence-electron chi connectivity index (χ2n) is 9.58. The van der Waals surface area contributed by atoms with Crippen molar-refractivity contribution in [3.8, 4) is 5.88 Å². The molecule has 1 saturated carbocycles. The summed E-state index contributed by atoms with van der Waals surface area (Å²) in [5, 5.41) is 21.0. The summed E-state index contributed by atoms with van der Waals surface area (Å²) in [6.45, 7) is 2.42. The van der Waals surface area contributed by atoms with Gasteiger partial charge < -0.3 is 29.9 Å². The van der Waals surface area contributed by atoms with Gasteiger partial charge in [-0.3, -0.25) is 4.79 Å². The van der Waals surface area contributed by atoms with Crippen LogP contribution in [0.1, 0.15) is 41.6 Å². The first-order valence-corrected chi connectivity index (χ1v) is 13.1. The number of carbonyl (C=O) groups excluding carboxylic acids is 1. The molecule has 1 amide bonds. The Morgan fingerprint density at radius 2 is 1.95 bits per heavy atom. The van der Waals surface area contributed by atoms with Crippen LogP contribution < -0.4 is 19.7 Å². The molecule has 2 heterocycles. The molecule has 1 aliphatic heterocycles. The normalized spacial score (nSPS) is 17.4. The van der Waals surface area contributed by atoms with Crippen molar-refractivity contribution in [1.82, 2.24) is 4.98 Å². The SMILES string of the molecule is Cc1cc(NC(=O)c2ccc(NSCCO)cc2N2CCC3(CC2)CC3)nc(OCC(O)C(F)(F)F)c1. The van der Waals surface area contributed by atoms with E-state index in [2.05, 4.69) is 19.9 Å². The largest absolute Gasteiger partial charge is 0.474 e. The Hall–Kier alpha value is -2.70. The number of amides is 1. The van der Waals surface area contributed by atoms with E-state index in [1.165, 1.54) is 30.9 Å². The first-order chi connectivity index (χ1) is 17.6. The highest BCUT2D eigenvalue weighted by Gasteiger charge is 2.44. The lowest BCUT2D eigenvalue weighted by atomic mass is 9.93. The zero-order valence-electron chi connectivity index (χ0n) is 20.5. The second kappa shape index (κ2) is 11.4. The lowest BCUT2D eigenvalue weighted by Gasteiger charge is -2.35. The Bertz CT molecular complexity index is 1100. The molecule has 8 nitrogen and oxygen atoms in total. The van der Waals surface area contributed by atoms with E-state index in [9.17, 15) is 23.1 Å². The molecular weight excluding hydrogens is 509 g/mol. The lowest BCUT2D eigenvalue weighted by Crippen LogP contribution is -2.35. The molecule has 12 heteroatoms. The van der Waals surface area contributed by atoms with Crippen LogP contribution in [0, 0.1) is 12.3 Å². The van der Waals surface area contributed by atoms with Crippen LogP contribution in [0.3, 0.4) is 0 Å². The van der Waals surface area contributed by atoms with E-state index < -0.39 is 24.8 Å². The number of aliphatic hydroxyl groups is 2. The van der Waals surface area contributed by atoms with Crippen LogP contribution in [0.25, 0.3) is 0 Å². The zero-order valence-corrected chi connectivity index (χ0v) is 21.3. The highest BCUT2D eigenvalue weighted by atomic mass is 32.2. The number of pyridine rings is 1. The predicted molar refractivity (Wildman–Crippen MR) is 137 cm³/mol. The molecule has 1 aromatic carbocycles. The fourth-order valence-electron chi connectivity index (χ4n) is 4.34. The van der Waals surface area contributed by atoms with E-state index in [4.69, 9.17) is 9.84 Å². The third kappa shape index (κ3) is 7.20. The smallest absolute Gasteiger partial charge is 0.417 e. The summed E-state index contributed by atoms with van der Waals surface area (Å²) in [5.74, 6) is 0.108. The molecule has 2 aliphatic rings. The fraction of sp³-hybridized carbons (Fsp3) is 0.520. The van der Waals surface area contributed by atoms with E-state index in [0.29, 0.717) is 22.3 Å². The first kappa shape index (κ1) is 27.3. The van der Waals surface area contributed by atoms with Gasteiger partial charge in [-0.1, -0.05) is 11.9 Å². The Balaban J connectivity index is 1.51. The maximum absolute atomic E-state index is 13.3. The summed E-state index contributed by atoms with van der Waals surface area (Å²) in [7, 11) is 0. The third-order valence-corrected chi connectivity index (χ3v) is 7.47. The minimum atomic E-state index is -4.80. The van der Waals surface area contributed by atoms with E-state index in [0.717, 1.165) is 37.3 Å². The maximum atomic E-state index is 13.3. The van der Waals surface area contributed by atoms with Crippen molar-refractivity contribution in [2.24, 2.45) is 5.41 Å². The molecule has 4 N–H and O–H groups in total. The number of piperidine rings is 1. The summed E-state index contributed by atoms with van der Waals surface area (Å²) in [5.41, 5.74) is 3.12. The molecule has 37 heavy (non-hydrogen) atoms. The van der Waals surface area contributed by atoms with Gasteiger partial charge in [0.05, 0.1) is 17.9 Å². The standard InChI is InChI=1S/C25H31F3N4O4S/c1-16-12-21(29-22(13-16)36-15-20(34)25(26,27)28)30-23(35)18-3-2-17(31-37-11-10-33)14-19(18)32-8-6-24(4-5-24)7-9-32/h2-3,12-14,20,31,33-34H,4-11,15H2,1H3,(H,29,30,35). The van der Waals surface area contributed by atoms with Gasteiger partial charge in [0.2, 0.25) is 5.88 Å². The Morgan fingerprint density at radius 1 is 1.22 bits per heavy atom. The van der Waals surface area contributed by atoms with Gasteiger partial charge in [0.25, 0.3) is 5.91 Å². The number of ether oxygens (including phenoxy) is 1. The number of rotatable bonds is 10. The molecule has 4 rings (SSSR count). The number of nitrogens with zero attached hydrogens (tertiary/aromatic N) is 2. The third-order valence-electron chi connectivity index (χ3n) is 6.70. The molecule has 0 bridgehead atoms.